The van der Waals surface area contributed by atoms with Crippen LogP contribution in [0.3, 0.4) is 0 Å². The van der Waals surface area contributed by atoms with Crippen LogP contribution in [-0.2, 0) is 0 Å². The molecule has 0 atom stereocenters. The molecule has 0 saturated carbocycles. The van der Waals surface area contributed by atoms with Gasteiger partial charge in [0.1, 0.15) is 5.82 Å². The second-order valence-corrected chi connectivity index (χ2v) is 5.47. The number of aromatic nitrogens is 4. The molecule has 4 heterocycles. The van der Waals surface area contributed by atoms with E-state index < -0.39 is 0 Å². The molecule has 0 radical (unpaired) electrons. The van der Waals surface area contributed by atoms with E-state index in [-0.39, 0.29) is 0 Å². The first kappa shape index (κ1) is 13.7. The molecule has 116 valence electrons. The monoisotopic (exact) mass is 308 g/mol. The van der Waals surface area contributed by atoms with E-state index in [0.717, 1.165) is 38.6 Å². The van der Waals surface area contributed by atoms with Gasteiger partial charge in [-0.3, -0.25) is 10.3 Å². The normalized spacial score (nSPS) is 15.0. The van der Waals surface area contributed by atoms with Crippen molar-refractivity contribution in [2.45, 2.75) is 6.92 Å². The van der Waals surface area contributed by atoms with Gasteiger partial charge < -0.3 is 5.32 Å². The Morgan fingerprint density at radius 3 is 3.00 bits per heavy atom. The van der Waals surface area contributed by atoms with Gasteiger partial charge in [-0.25, -0.2) is 14.5 Å². The molecular formula is C16H16N6O. The van der Waals surface area contributed by atoms with Crippen LogP contribution >= 0.6 is 0 Å². The quantitative estimate of drug-likeness (QED) is 0.756. The molecule has 4 rings (SSSR count). The van der Waals surface area contributed by atoms with Crippen molar-refractivity contribution in [3.63, 3.8) is 0 Å². The summed E-state index contributed by atoms with van der Waals surface area (Å²) in [5.74, 6) is 1.37. The minimum Gasteiger partial charge on any atom is -0.373 e. The van der Waals surface area contributed by atoms with Crippen LogP contribution in [-0.4, -0.2) is 43.4 Å². The summed E-state index contributed by atoms with van der Waals surface area (Å²) in [7, 11) is 1.83. The number of fused-ring (bicyclic) bond motifs is 3. The molecule has 7 heteroatoms. The molecule has 0 fully saturated rings. The number of pyridine rings is 2. The summed E-state index contributed by atoms with van der Waals surface area (Å²) in [5.41, 5.74) is 3.55. The van der Waals surface area contributed by atoms with Crippen LogP contribution in [0.25, 0.3) is 22.1 Å². The molecule has 2 N–H and O–H groups in total. The minimum absolute atomic E-state index is 0.475. The zero-order valence-electron chi connectivity index (χ0n) is 12.9. The highest BCUT2D eigenvalue weighted by molar-refractivity contribution is 5.84. The van der Waals surface area contributed by atoms with E-state index in [9.17, 15) is 5.21 Å². The first-order chi connectivity index (χ1) is 11.2. The highest BCUT2D eigenvalue weighted by Crippen LogP contribution is 2.25. The maximum atomic E-state index is 9.71. The zero-order chi connectivity index (χ0) is 16.0. The number of allylic oxidation sites excluding steroid dienone is 2. The molecule has 0 aromatic carbocycles. The molecule has 0 unspecified atom stereocenters. The second-order valence-electron chi connectivity index (χ2n) is 5.47. The van der Waals surface area contributed by atoms with Crippen molar-refractivity contribution in [1.29, 1.82) is 0 Å². The highest BCUT2D eigenvalue weighted by Gasteiger charge is 2.16. The number of anilines is 1. The lowest BCUT2D eigenvalue weighted by atomic mass is 10.1. The van der Waals surface area contributed by atoms with Gasteiger partial charge in [0.05, 0.1) is 12.1 Å². The molecule has 1 aliphatic heterocycles. The summed E-state index contributed by atoms with van der Waals surface area (Å²) >= 11 is 0. The van der Waals surface area contributed by atoms with E-state index in [4.69, 9.17) is 0 Å². The van der Waals surface area contributed by atoms with Crippen LogP contribution in [0.4, 0.5) is 5.82 Å². The lowest BCUT2D eigenvalue weighted by molar-refractivity contribution is -0.0297. The van der Waals surface area contributed by atoms with Crippen molar-refractivity contribution in [3.05, 3.63) is 48.1 Å². The van der Waals surface area contributed by atoms with E-state index in [1.165, 1.54) is 0 Å². The molecule has 0 aliphatic carbocycles. The Kier molecular flexibility index (Phi) is 3.02. The Labute approximate surface area is 132 Å². The summed E-state index contributed by atoms with van der Waals surface area (Å²) in [5, 5.41) is 19.5. The van der Waals surface area contributed by atoms with Crippen molar-refractivity contribution in [2.75, 3.05) is 18.9 Å². The number of nitrogens with zero attached hydrogens (tertiary/aromatic N) is 5. The topological polar surface area (TPSA) is 78.6 Å². The van der Waals surface area contributed by atoms with Crippen LogP contribution in [0.2, 0.25) is 0 Å². The fourth-order valence-corrected chi connectivity index (χ4v) is 2.67. The Balaban J connectivity index is 1.94. The van der Waals surface area contributed by atoms with Crippen LogP contribution in [0.15, 0.2) is 42.2 Å². The van der Waals surface area contributed by atoms with Gasteiger partial charge in [-0.15, -0.1) is 5.10 Å². The number of hydrogen-bond donors (Lipinski definition) is 2. The van der Waals surface area contributed by atoms with Crippen molar-refractivity contribution < 1.29 is 5.21 Å². The third kappa shape index (κ3) is 2.22. The van der Waals surface area contributed by atoms with Crippen molar-refractivity contribution in [3.8, 4) is 0 Å². The van der Waals surface area contributed by atoms with Gasteiger partial charge in [0.2, 0.25) is 0 Å². The molecule has 3 aromatic rings. The van der Waals surface area contributed by atoms with Gasteiger partial charge in [0, 0.05) is 36.5 Å². The van der Waals surface area contributed by atoms with Gasteiger partial charge in [-0.2, -0.15) is 0 Å². The summed E-state index contributed by atoms with van der Waals surface area (Å²) in [6.45, 7) is 2.47. The van der Waals surface area contributed by atoms with Gasteiger partial charge in [0.15, 0.2) is 11.5 Å². The standard InChI is InChI=1S/C16H16N6O/c1-10-5-6-21(23)9-12(10)16-19-15-4-3-11-8-18-14(17-2)7-13(11)22(15)20-16/h3-5,7-9,23H,6H2,1-2H3,(H,17,18). The summed E-state index contributed by atoms with van der Waals surface area (Å²) in [6.07, 6.45) is 5.41. The van der Waals surface area contributed by atoms with Crippen molar-refractivity contribution in [1.82, 2.24) is 24.6 Å². The molecule has 1 aliphatic rings. The largest absolute Gasteiger partial charge is 0.373 e. The maximum absolute atomic E-state index is 9.71. The summed E-state index contributed by atoms with van der Waals surface area (Å²) < 4.78 is 1.80. The minimum atomic E-state index is 0.475. The lowest BCUT2D eigenvalue weighted by Gasteiger charge is -2.17. The molecule has 0 bridgehead atoms. The van der Waals surface area contributed by atoms with Gasteiger partial charge >= 0.3 is 0 Å². The Bertz CT molecular complexity index is 971. The van der Waals surface area contributed by atoms with Crippen LogP contribution in [0.5, 0.6) is 0 Å². The molecule has 23 heavy (non-hydrogen) atoms. The predicted molar refractivity (Wildman–Crippen MR) is 88.1 cm³/mol. The smallest absolute Gasteiger partial charge is 0.183 e. The Morgan fingerprint density at radius 1 is 1.30 bits per heavy atom. The average molecular weight is 308 g/mol. The lowest BCUT2D eigenvalue weighted by Crippen LogP contribution is -2.16. The summed E-state index contributed by atoms with van der Waals surface area (Å²) in [6, 6.07) is 5.83. The van der Waals surface area contributed by atoms with Gasteiger partial charge in [-0.05, 0) is 24.6 Å². The molecule has 0 spiro atoms. The maximum Gasteiger partial charge on any atom is 0.183 e. The molecular weight excluding hydrogens is 292 g/mol. The fourth-order valence-electron chi connectivity index (χ4n) is 2.67. The van der Waals surface area contributed by atoms with Crippen molar-refractivity contribution in [2.24, 2.45) is 0 Å². The van der Waals surface area contributed by atoms with Gasteiger partial charge in [0.25, 0.3) is 0 Å². The van der Waals surface area contributed by atoms with E-state index in [1.807, 2.05) is 44.4 Å². The Hall–Kier alpha value is -2.93. The molecule has 7 nitrogen and oxygen atoms in total. The van der Waals surface area contributed by atoms with E-state index in [1.54, 1.807) is 10.7 Å². The van der Waals surface area contributed by atoms with Crippen molar-refractivity contribution >= 4 is 27.9 Å². The number of hydrogen-bond acceptors (Lipinski definition) is 6. The zero-order valence-corrected chi connectivity index (χ0v) is 12.9. The highest BCUT2D eigenvalue weighted by atomic mass is 16.5. The van der Waals surface area contributed by atoms with Crippen LogP contribution in [0, 0.1) is 0 Å². The first-order valence-electron chi connectivity index (χ1n) is 7.34. The van der Waals surface area contributed by atoms with E-state index in [0.29, 0.717) is 12.4 Å². The Morgan fingerprint density at radius 2 is 2.17 bits per heavy atom. The first-order valence-corrected chi connectivity index (χ1v) is 7.34. The number of nitrogens with one attached hydrogen (secondary N) is 1. The molecule has 0 saturated heterocycles. The third-order valence-electron chi connectivity index (χ3n) is 3.97. The third-order valence-corrected chi connectivity index (χ3v) is 3.97. The predicted octanol–water partition coefficient (Wildman–Crippen LogP) is 2.31. The molecule has 0 amide bonds. The SMILES string of the molecule is CNc1cc2c(ccc3nc(C4=CN(O)CC=C4C)nn32)cn1. The van der Waals surface area contributed by atoms with Crippen LogP contribution in [0.1, 0.15) is 12.7 Å². The average Bonchev–Trinajstić information content (AvgIpc) is 3.01. The molecule has 3 aromatic heterocycles. The second kappa shape index (κ2) is 5.06. The van der Waals surface area contributed by atoms with E-state index >= 15 is 0 Å². The van der Waals surface area contributed by atoms with Gasteiger partial charge in [-0.1, -0.05) is 6.08 Å². The number of rotatable bonds is 2. The van der Waals surface area contributed by atoms with E-state index in [2.05, 4.69) is 20.4 Å². The fraction of sp³-hybridized carbons (Fsp3) is 0.188. The van der Waals surface area contributed by atoms with Crippen LogP contribution < -0.4 is 5.32 Å². The summed E-state index contributed by atoms with van der Waals surface area (Å²) in [4.78, 5) is 8.91. The number of hydroxylamine groups is 2.